The van der Waals surface area contributed by atoms with Crippen LogP contribution in [0, 0.1) is 18.8 Å². The molecule has 1 atom stereocenters. The van der Waals surface area contributed by atoms with Gasteiger partial charge in [-0.3, -0.25) is 4.18 Å². The van der Waals surface area contributed by atoms with E-state index in [0.717, 1.165) is 24.3 Å². The first-order valence-electron chi connectivity index (χ1n) is 7.77. The van der Waals surface area contributed by atoms with Crippen LogP contribution in [0.2, 0.25) is 0 Å². The van der Waals surface area contributed by atoms with Gasteiger partial charge in [0, 0.05) is 0 Å². The van der Waals surface area contributed by atoms with Gasteiger partial charge in [0.05, 0.1) is 11.5 Å². The Morgan fingerprint density at radius 2 is 1.62 bits per heavy atom. The van der Waals surface area contributed by atoms with Crippen molar-refractivity contribution in [2.45, 2.75) is 58.3 Å². The van der Waals surface area contributed by atoms with Crippen molar-refractivity contribution in [2.24, 2.45) is 11.8 Å². The van der Waals surface area contributed by atoms with Gasteiger partial charge in [-0.2, -0.15) is 8.42 Å². The van der Waals surface area contributed by atoms with Gasteiger partial charge in [-0.15, -0.1) is 0 Å². The Kier molecular flexibility index (Phi) is 7.40. The third-order valence-electron chi connectivity index (χ3n) is 3.64. The normalized spacial score (nSPS) is 13.6. The molecule has 0 radical (unpaired) electrons. The summed E-state index contributed by atoms with van der Waals surface area (Å²) in [4.78, 5) is 0.237. The first-order valence-corrected chi connectivity index (χ1v) is 9.18. The largest absolute Gasteiger partial charge is 0.296 e. The topological polar surface area (TPSA) is 43.4 Å². The molecule has 1 unspecified atom stereocenters. The Morgan fingerprint density at radius 1 is 1.00 bits per heavy atom. The molecule has 0 aliphatic carbocycles. The van der Waals surface area contributed by atoms with Gasteiger partial charge in [0.1, 0.15) is 0 Å². The van der Waals surface area contributed by atoms with E-state index in [-0.39, 0.29) is 11.5 Å². The maximum atomic E-state index is 12.0. The van der Waals surface area contributed by atoms with Crippen LogP contribution in [-0.4, -0.2) is 15.0 Å². The van der Waals surface area contributed by atoms with E-state index >= 15 is 0 Å². The lowest BCUT2D eigenvalue weighted by Crippen LogP contribution is -2.10. The zero-order valence-electron chi connectivity index (χ0n) is 13.6. The molecule has 0 spiro atoms. The van der Waals surface area contributed by atoms with Crippen LogP contribution in [0.4, 0.5) is 0 Å². The molecule has 0 aliphatic heterocycles. The Hall–Kier alpha value is -0.870. The van der Waals surface area contributed by atoms with Crippen LogP contribution in [-0.2, 0) is 14.3 Å². The van der Waals surface area contributed by atoms with Gasteiger partial charge in [0.15, 0.2) is 0 Å². The lowest BCUT2D eigenvalue weighted by Gasteiger charge is -2.12. The van der Waals surface area contributed by atoms with Gasteiger partial charge in [-0.1, -0.05) is 57.7 Å². The van der Waals surface area contributed by atoms with Gasteiger partial charge in [-0.25, -0.2) is 0 Å². The van der Waals surface area contributed by atoms with Crippen LogP contribution < -0.4 is 0 Å². The Morgan fingerprint density at radius 3 is 2.19 bits per heavy atom. The molecule has 1 aromatic carbocycles. The van der Waals surface area contributed by atoms with Crippen molar-refractivity contribution < 1.29 is 12.6 Å². The standard InChI is InChI=1S/C17H28O3S/c1-14(2)6-5-7-15(3)12-13-20-21(18,19)17-10-8-16(4)9-11-17/h8-11,14-15H,5-7,12-13H2,1-4H3. The fraction of sp³-hybridized carbons (Fsp3) is 0.647. The molecule has 21 heavy (non-hydrogen) atoms. The van der Waals surface area contributed by atoms with Crippen molar-refractivity contribution in [3.8, 4) is 0 Å². The number of aryl methyl sites for hydroxylation is 1. The fourth-order valence-electron chi connectivity index (χ4n) is 2.15. The maximum Gasteiger partial charge on any atom is 0.296 e. The van der Waals surface area contributed by atoms with Crippen LogP contribution in [0.15, 0.2) is 29.2 Å². The molecule has 0 saturated heterocycles. The second kappa shape index (κ2) is 8.54. The van der Waals surface area contributed by atoms with Gasteiger partial charge in [-0.05, 0) is 37.3 Å². The lowest BCUT2D eigenvalue weighted by atomic mass is 9.98. The molecule has 0 saturated carbocycles. The van der Waals surface area contributed by atoms with E-state index in [1.54, 1.807) is 24.3 Å². The summed E-state index contributed by atoms with van der Waals surface area (Å²) < 4.78 is 29.1. The van der Waals surface area contributed by atoms with E-state index in [1.807, 2.05) is 6.92 Å². The summed E-state index contributed by atoms with van der Waals surface area (Å²) in [5, 5.41) is 0. The molecular weight excluding hydrogens is 284 g/mol. The van der Waals surface area contributed by atoms with Crippen LogP contribution in [0.1, 0.15) is 52.0 Å². The quantitative estimate of drug-likeness (QED) is 0.628. The SMILES string of the molecule is Cc1ccc(S(=O)(=O)OCCC(C)CCCC(C)C)cc1. The molecule has 0 N–H and O–H groups in total. The van der Waals surface area contributed by atoms with Gasteiger partial charge in [0.25, 0.3) is 10.1 Å². The third-order valence-corrected chi connectivity index (χ3v) is 4.96. The molecule has 0 fully saturated rings. The van der Waals surface area contributed by atoms with Crippen LogP contribution >= 0.6 is 0 Å². The van der Waals surface area contributed by atoms with Crippen molar-refractivity contribution in [3.05, 3.63) is 29.8 Å². The highest BCUT2D eigenvalue weighted by Crippen LogP contribution is 2.17. The van der Waals surface area contributed by atoms with E-state index in [9.17, 15) is 8.42 Å². The molecule has 0 bridgehead atoms. The van der Waals surface area contributed by atoms with Crippen LogP contribution in [0.3, 0.4) is 0 Å². The summed E-state index contributed by atoms with van der Waals surface area (Å²) in [6, 6.07) is 6.75. The first-order chi connectivity index (χ1) is 9.81. The summed E-state index contributed by atoms with van der Waals surface area (Å²) in [6.45, 7) is 8.79. The van der Waals surface area contributed by atoms with E-state index in [4.69, 9.17) is 4.18 Å². The van der Waals surface area contributed by atoms with Gasteiger partial charge in [0.2, 0.25) is 0 Å². The van der Waals surface area contributed by atoms with Gasteiger partial charge < -0.3 is 0 Å². The molecule has 0 amide bonds. The highest BCUT2D eigenvalue weighted by molar-refractivity contribution is 7.86. The maximum absolute atomic E-state index is 12.0. The van der Waals surface area contributed by atoms with Crippen molar-refractivity contribution in [3.63, 3.8) is 0 Å². The van der Waals surface area contributed by atoms with Crippen molar-refractivity contribution in [1.29, 1.82) is 0 Å². The summed E-state index contributed by atoms with van der Waals surface area (Å²) in [6.07, 6.45) is 4.34. The Bertz CT molecular complexity index is 503. The number of hydrogen-bond acceptors (Lipinski definition) is 3. The average molecular weight is 312 g/mol. The second-order valence-electron chi connectivity index (χ2n) is 6.31. The molecular formula is C17H28O3S. The monoisotopic (exact) mass is 312 g/mol. The predicted octanol–water partition coefficient (Wildman–Crippen LogP) is 4.55. The van der Waals surface area contributed by atoms with E-state index in [1.165, 1.54) is 12.8 Å². The van der Waals surface area contributed by atoms with E-state index in [2.05, 4.69) is 20.8 Å². The summed E-state index contributed by atoms with van der Waals surface area (Å²) in [5.74, 6) is 1.23. The van der Waals surface area contributed by atoms with Crippen molar-refractivity contribution >= 4 is 10.1 Å². The minimum Gasteiger partial charge on any atom is -0.266 e. The molecule has 4 heteroatoms. The van der Waals surface area contributed by atoms with E-state index < -0.39 is 10.1 Å². The number of rotatable bonds is 9. The highest BCUT2D eigenvalue weighted by Gasteiger charge is 2.15. The zero-order valence-corrected chi connectivity index (χ0v) is 14.4. The molecule has 0 aliphatic rings. The Balaban J connectivity index is 2.35. The minimum absolute atomic E-state index is 0.237. The van der Waals surface area contributed by atoms with E-state index in [0.29, 0.717) is 5.92 Å². The minimum atomic E-state index is -3.61. The summed E-state index contributed by atoms with van der Waals surface area (Å²) in [5.41, 5.74) is 1.03. The van der Waals surface area contributed by atoms with Crippen LogP contribution in [0.25, 0.3) is 0 Å². The Labute approximate surface area is 129 Å². The third kappa shape index (κ3) is 7.09. The molecule has 0 heterocycles. The summed E-state index contributed by atoms with van der Waals surface area (Å²) in [7, 11) is -3.61. The average Bonchev–Trinajstić information content (AvgIpc) is 2.38. The smallest absolute Gasteiger partial charge is 0.266 e. The molecule has 1 rings (SSSR count). The zero-order chi connectivity index (χ0) is 15.9. The molecule has 120 valence electrons. The predicted molar refractivity (Wildman–Crippen MR) is 86.8 cm³/mol. The van der Waals surface area contributed by atoms with Crippen LogP contribution in [0.5, 0.6) is 0 Å². The van der Waals surface area contributed by atoms with Crippen molar-refractivity contribution in [2.75, 3.05) is 6.61 Å². The molecule has 3 nitrogen and oxygen atoms in total. The number of hydrogen-bond donors (Lipinski definition) is 0. The first kappa shape index (κ1) is 18.2. The number of benzene rings is 1. The summed E-state index contributed by atoms with van der Waals surface area (Å²) >= 11 is 0. The lowest BCUT2D eigenvalue weighted by molar-refractivity contribution is 0.279. The fourth-order valence-corrected chi connectivity index (χ4v) is 3.07. The molecule has 0 aromatic heterocycles. The molecule has 1 aromatic rings. The second-order valence-corrected chi connectivity index (χ2v) is 7.92. The van der Waals surface area contributed by atoms with Crippen molar-refractivity contribution in [1.82, 2.24) is 0 Å². The van der Waals surface area contributed by atoms with Gasteiger partial charge >= 0.3 is 0 Å². The highest BCUT2D eigenvalue weighted by atomic mass is 32.2.